The quantitative estimate of drug-likeness (QED) is 0.849. The van der Waals surface area contributed by atoms with Crippen molar-refractivity contribution in [2.24, 2.45) is 5.92 Å². The lowest BCUT2D eigenvalue weighted by molar-refractivity contribution is 0.0697. The van der Waals surface area contributed by atoms with Gasteiger partial charge >= 0.3 is 5.97 Å². The van der Waals surface area contributed by atoms with Crippen molar-refractivity contribution in [3.8, 4) is 0 Å². The third kappa shape index (κ3) is 4.30. The fourth-order valence-electron chi connectivity index (χ4n) is 1.68. The summed E-state index contributed by atoms with van der Waals surface area (Å²) in [5, 5.41) is 8.75. The lowest BCUT2D eigenvalue weighted by atomic mass is 10.1. The molecule has 1 N–H and O–H groups in total. The van der Waals surface area contributed by atoms with Crippen LogP contribution in [0.2, 0.25) is 0 Å². The molecule has 94 valence electrons. The second kappa shape index (κ2) is 6.55. The molecule has 4 heteroatoms. The second-order valence-corrected chi connectivity index (χ2v) is 5.73. The standard InChI is InChI=1S/C13H18O3S/c1-3-4-10(2)9-17(16)12-7-5-11(6-8-12)13(14)15/h5-8,10H,3-4,9H2,1-2H3,(H,14,15). The van der Waals surface area contributed by atoms with E-state index in [-0.39, 0.29) is 5.56 Å². The summed E-state index contributed by atoms with van der Waals surface area (Å²) in [6, 6.07) is 6.27. The van der Waals surface area contributed by atoms with Crippen molar-refractivity contribution in [2.45, 2.75) is 31.6 Å². The van der Waals surface area contributed by atoms with Crippen LogP contribution in [-0.2, 0) is 10.8 Å². The number of benzene rings is 1. The van der Waals surface area contributed by atoms with Gasteiger partial charge in [0.2, 0.25) is 0 Å². The molecule has 0 heterocycles. The molecule has 2 unspecified atom stereocenters. The van der Waals surface area contributed by atoms with Crippen LogP contribution < -0.4 is 0 Å². The monoisotopic (exact) mass is 254 g/mol. The summed E-state index contributed by atoms with van der Waals surface area (Å²) < 4.78 is 12.0. The zero-order valence-corrected chi connectivity index (χ0v) is 11.0. The molecular formula is C13H18O3S. The number of carboxylic acids is 1. The fourth-order valence-corrected chi connectivity index (χ4v) is 3.00. The molecule has 1 aromatic carbocycles. The molecule has 0 bridgehead atoms. The largest absolute Gasteiger partial charge is 0.478 e. The number of hydrogen-bond donors (Lipinski definition) is 1. The van der Waals surface area contributed by atoms with Crippen molar-refractivity contribution < 1.29 is 14.1 Å². The zero-order valence-electron chi connectivity index (χ0n) is 10.2. The third-order valence-electron chi connectivity index (χ3n) is 2.58. The van der Waals surface area contributed by atoms with Crippen molar-refractivity contribution in [1.82, 2.24) is 0 Å². The lowest BCUT2D eigenvalue weighted by Gasteiger charge is -2.09. The van der Waals surface area contributed by atoms with E-state index < -0.39 is 16.8 Å². The summed E-state index contributed by atoms with van der Waals surface area (Å²) in [6.07, 6.45) is 2.16. The minimum atomic E-state index is -1.03. The number of hydrogen-bond acceptors (Lipinski definition) is 2. The van der Waals surface area contributed by atoms with Gasteiger partial charge in [-0.25, -0.2) is 4.79 Å². The lowest BCUT2D eigenvalue weighted by Crippen LogP contribution is -2.08. The second-order valence-electron chi connectivity index (χ2n) is 4.24. The molecule has 17 heavy (non-hydrogen) atoms. The Labute approximate surface area is 104 Å². The molecule has 0 aromatic heterocycles. The maximum Gasteiger partial charge on any atom is 0.335 e. The number of aromatic carboxylic acids is 1. The summed E-state index contributed by atoms with van der Waals surface area (Å²) in [6.45, 7) is 4.20. The Hall–Kier alpha value is -1.16. The molecule has 0 radical (unpaired) electrons. The highest BCUT2D eigenvalue weighted by atomic mass is 32.2. The number of rotatable bonds is 6. The topological polar surface area (TPSA) is 54.4 Å². The maximum absolute atomic E-state index is 12.0. The molecule has 0 saturated heterocycles. The molecule has 3 nitrogen and oxygen atoms in total. The molecule has 2 atom stereocenters. The van der Waals surface area contributed by atoms with E-state index in [0.717, 1.165) is 12.8 Å². The van der Waals surface area contributed by atoms with E-state index in [2.05, 4.69) is 13.8 Å². The SMILES string of the molecule is CCCC(C)CS(=O)c1ccc(C(=O)O)cc1. The summed E-state index contributed by atoms with van der Waals surface area (Å²) in [7, 11) is -1.03. The molecule has 0 aliphatic carbocycles. The Kier molecular flexibility index (Phi) is 5.35. The van der Waals surface area contributed by atoms with E-state index in [1.807, 2.05) is 0 Å². The Bertz CT molecular complexity index is 398. The smallest absolute Gasteiger partial charge is 0.335 e. The Morgan fingerprint density at radius 2 is 1.94 bits per heavy atom. The van der Waals surface area contributed by atoms with E-state index in [9.17, 15) is 9.00 Å². The molecule has 0 spiro atoms. The predicted octanol–water partition coefficient (Wildman–Crippen LogP) is 2.93. The average Bonchev–Trinajstić information content (AvgIpc) is 2.29. The predicted molar refractivity (Wildman–Crippen MR) is 68.7 cm³/mol. The van der Waals surface area contributed by atoms with Gasteiger partial charge in [0, 0.05) is 10.6 Å². The molecule has 1 aromatic rings. The van der Waals surface area contributed by atoms with Crippen molar-refractivity contribution in [2.75, 3.05) is 5.75 Å². The van der Waals surface area contributed by atoms with E-state index in [1.165, 1.54) is 12.1 Å². The first kappa shape index (κ1) is 13.9. The highest BCUT2D eigenvalue weighted by molar-refractivity contribution is 7.85. The summed E-state index contributed by atoms with van der Waals surface area (Å²) in [4.78, 5) is 11.4. The van der Waals surface area contributed by atoms with E-state index >= 15 is 0 Å². The molecule has 0 aliphatic heterocycles. The van der Waals surface area contributed by atoms with Crippen LogP contribution in [-0.4, -0.2) is 21.0 Å². The molecule has 1 rings (SSSR count). The van der Waals surface area contributed by atoms with Crippen molar-refractivity contribution in [3.63, 3.8) is 0 Å². The average molecular weight is 254 g/mol. The zero-order chi connectivity index (χ0) is 12.8. The first-order chi connectivity index (χ1) is 8.04. The van der Waals surface area contributed by atoms with Crippen LogP contribution in [0.4, 0.5) is 0 Å². The van der Waals surface area contributed by atoms with Gasteiger partial charge in [-0.05, 0) is 30.2 Å². The Balaban J connectivity index is 2.66. The number of carboxylic acid groups (broad SMARTS) is 1. The minimum absolute atomic E-state index is 0.229. The molecular weight excluding hydrogens is 236 g/mol. The van der Waals surface area contributed by atoms with Gasteiger partial charge in [0.25, 0.3) is 0 Å². The van der Waals surface area contributed by atoms with Gasteiger partial charge in [-0.15, -0.1) is 0 Å². The van der Waals surface area contributed by atoms with Crippen LogP contribution in [0.5, 0.6) is 0 Å². The summed E-state index contributed by atoms with van der Waals surface area (Å²) >= 11 is 0. The highest BCUT2D eigenvalue weighted by Crippen LogP contribution is 2.14. The van der Waals surface area contributed by atoms with Crippen LogP contribution in [0.1, 0.15) is 37.0 Å². The van der Waals surface area contributed by atoms with Gasteiger partial charge in [0.15, 0.2) is 0 Å². The summed E-state index contributed by atoms with van der Waals surface area (Å²) in [5.41, 5.74) is 0.229. The van der Waals surface area contributed by atoms with Crippen LogP contribution in [0.3, 0.4) is 0 Å². The first-order valence-corrected chi connectivity index (χ1v) is 7.08. The van der Waals surface area contributed by atoms with Gasteiger partial charge in [-0.1, -0.05) is 26.7 Å². The van der Waals surface area contributed by atoms with Crippen LogP contribution in [0.25, 0.3) is 0 Å². The van der Waals surface area contributed by atoms with Gasteiger partial charge in [0.1, 0.15) is 0 Å². The molecule has 0 fully saturated rings. The van der Waals surface area contributed by atoms with Gasteiger partial charge in [0.05, 0.1) is 16.4 Å². The van der Waals surface area contributed by atoms with Gasteiger partial charge in [-0.3, -0.25) is 4.21 Å². The Morgan fingerprint density at radius 3 is 2.41 bits per heavy atom. The van der Waals surface area contributed by atoms with Gasteiger partial charge < -0.3 is 5.11 Å². The highest BCUT2D eigenvalue weighted by Gasteiger charge is 2.10. The molecule has 0 aliphatic rings. The van der Waals surface area contributed by atoms with Crippen LogP contribution in [0, 0.1) is 5.92 Å². The van der Waals surface area contributed by atoms with Crippen molar-refractivity contribution in [1.29, 1.82) is 0 Å². The Morgan fingerprint density at radius 1 is 1.35 bits per heavy atom. The summed E-state index contributed by atoms with van der Waals surface area (Å²) in [5.74, 6) is 0.113. The van der Waals surface area contributed by atoms with Crippen LogP contribution >= 0.6 is 0 Å². The van der Waals surface area contributed by atoms with Gasteiger partial charge in [-0.2, -0.15) is 0 Å². The van der Waals surface area contributed by atoms with Crippen LogP contribution in [0.15, 0.2) is 29.2 Å². The van der Waals surface area contributed by atoms with E-state index in [0.29, 0.717) is 16.6 Å². The third-order valence-corrected chi connectivity index (χ3v) is 4.25. The fraction of sp³-hybridized carbons (Fsp3) is 0.462. The molecule has 0 amide bonds. The maximum atomic E-state index is 12.0. The minimum Gasteiger partial charge on any atom is -0.478 e. The molecule has 0 saturated carbocycles. The van der Waals surface area contributed by atoms with Crippen molar-refractivity contribution >= 4 is 16.8 Å². The number of carbonyl (C=O) groups is 1. The van der Waals surface area contributed by atoms with Crippen molar-refractivity contribution in [3.05, 3.63) is 29.8 Å². The van der Waals surface area contributed by atoms with E-state index in [1.54, 1.807) is 12.1 Å². The van der Waals surface area contributed by atoms with E-state index in [4.69, 9.17) is 5.11 Å². The first-order valence-electron chi connectivity index (χ1n) is 5.76. The normalized spacial score (nSPS) is 14.2.